The number of H-pyrrole nitrogens is 1. The van der Waals surface area contributed by atoms with Gasteiger partial charge in [-0.25, -0.2) is 4.98 Å². The molecule has 0 atom stereocenters. The maximum Gasteiger partial charge on any atom is 0.228 e. The van der Waals surface area contributed by atoms with Crippen molar-refractivity contribution < 1.29 is 4.52 Å². The molecule has 0 aliphatic heterocycles. The van der Waals surface area contributed by atoms with Crippen LogP contribution in [0.4, 0.5) is 0 Å². The van der Waals surface area contributed by atoms with Gasteiger partial charge in [0.2, 0.25) is 5.89 Å². The summed E-state index contributed by atoms with van der Waals surface area (Å²) in [5.41, 5.74) is 2.12. The molecular weight excluding hydrogens is 354 g/mol. The quantitative estimate of drug-likeness (QED) is 0.483. The Morgan fingerprint density at radius 2 is 2.07 bits per heavy atom. The van der Waals surface area contributed by atoms with Crippen LogP contribution in [0.5, 0.6) is 0 Å². The third-order valence-electron chi connectivity index (χ3n) is 4.30. The van der Waals surface area contributed by atoms with E-state index in [2.05, 4.69) is 42.6 Å². The Hall–Kier alpha value is -3.16. The number of imidazole rings is 1. The molecule has 0 aliphatic carbocycles. The van der Waals surface area contributed by atoms with Gasteiger partial charge in [0, 0.05) is 33.0 Å². The summed E-state index contributed by atoms with van der Waals surface area (Å²) in [6, 6.07) is 10.2. The zero-order chi connectivity index (χ0) is 19.9. The number of aromatic nitrogens is 4. The van der Waals surface area contributed by atoms with Gasteiger partial charge in [-0.15, -0.1) is 0 Å². The van der Waals surface area contributed by atoms with Crippen molar-refractivity contribution in [3.8, 4) is 11.3 Å². The lowest BCUT2D eigenvalue weighted by atomic mass is 10.2. The maximum atomic E-state index is 5.27. The Balaban J connectivity index is 1.52. The smallest absolute Gasteiger partial charge is 0.228 e. The first-order valence-electron chi connectivity index (χ1n) is 9.40. The second kappa shape index (κ2) is 9.16. The molecule has 8 nitrogen and oxygen atoms in total. The number of benzene rings is 1. The fourth-order valence-electron chi connectivity index (χ4n) is 2.78. The van der Waals surface area contributed by atoms with Crippen LogP contribution in [0.1, 0.15) is 37.3 Å². The lowest BCUT2D eigenvalue weighted by molar-refractivity contribution is 0.370. The van der Waals surface area contributed by atoms with Crippen molar-refractivity contribution in [2.45, 2.75) is 32.7 Å². The topological polar surface area (TPSA) is 95.2 Å². The minimum atomic E-state index is 0.262. The maximum absolute atomic E-state index is 5.27. The highest BCUT2D eigenvalue weighted by Gasteiger charge is 2.12. The molecule has 3 rings (SSSR count). The van der Waals surface area contributed by atoms with E-state index in [0.29, 0.717) is 25.4 Å². The molecule has 1 aromatic carbocycles. The van der Waals surface area contributed by atoms with E-state index in [-0.39, 0.29) is 5.92 Å². The molecule has 0 saturated heterocycles. The second-order valence-corrected chi connectivity index (χ2v) is 6.89. The number of hydrogen-bond acceptors (Lipinski definition) is 5. The third-order valence-corrected chi connectivity index (χ3v) is 4.30. The number of nitrogens with zero attached hydrogens (tertiary/aromatic N) is 5. The van der Waals surface area contributed by atoms with Crippen molar-refractivity contribution in [3.05, 3.63) is 54.1 Å². The SMILES string of the molecule is CN=C(NCCc1nc(C(C)C)no1)N(C)Cc1ncc(-c2ccccc2)[nH]1. The molecule has 0 unspecified atom stereocenters. The zero-order valence-corrected chi connectivity index (χ0v) is 16.8. The van der Waals surface area contributed by atoms with Gasteiger partial charge in [0.15, 0.2) is 11.8 Å². The monoisotopic (exact) mass is 381 g/mol. The summed E-state index contributed by atoms with van der Waals surface area (Å²) in [6.45, 7) is 5.36. The fourth-order valence-corrected chi connectivity index (χ4v) is 2.78. The summed E-state index contributed by atoms with van der Waals surface area (Å²) in [7, 11) is 3.74. The molecule has 3 aromatic rings. The average molecular weight is 381 g/mol. The van der Waals surface area contributed by atoms with Crippen LogP contribution in [0, 0.1) is 0 Å². The first kappa shape index (κ1) is 19.6. The number of hydrogen-bond donors (Lipinski definition) is 2. The van der Waals surface area contributed by atoms with E-state index in [1.165, 1.54) is 0 Å². The molecule has 2 N–H and O–H groups in total. The van der Waals surface area contributed by atoms with Crippen LogP contribution in [-0.2, 0) is 13.0 Å². The van der Waals surface area contributed by atoms with E-state index in [1.54, 1.807) is 7.05 Å². The molecule has 0 spiro atoms. The normalized spacial score (nSPS) is 11.8. The predicted molar refractivity (Wildman–Crippen MR) is 109 cm³/mol. The van der Waals surface area contributed by atoms with E-state index in [4.69, 9.17) is 4.52 Å². The summed E-state index contributed by atoms with van der Waals surface area (Å²) in [4.78, 5) is 18.6. The number of guanidine groups is 1. The van der Waals surface area contributed by atoms with Gasteiger partial charge < -0.3 is 19.7 Å². The largest absolute Gasteiger partial charge is 0.356 e. The van der Waals surface area contributed by atoms with Crippen molar-refractivity contribution in [1.82, 2.24) is 30.3 Å². The van der Waals surface area contributed by atoms with Gasteiger partial charge in [0.1, 0.15) is 5.82 Å². The summed E-state index contributed by atoms with van der Waals surface area (Å²) >= 11 is 0. The van der Waals surface area contributed by atoms with Crippen LogP contribution in [0.2, 0.25) is 0 Å². The molecule has 8 heteroatoms. The van der Waals surface area contributed by atoms with Crippen molar-refractivity contribution in [2.75, 3.05) is 20.6 Å². The molecule has 148 valence electrons. The third kappa shape index (κ3) is 4.97. The van der Waals surface area contributed by atoms with Crippen LogP contribution in [-0.4, -0.2) is 51.6 Å². The Labute approximate surface area is 165 Å². The van der Waals surface area contributed by atoms with Gasteiger partial charge >= 0.3 is 0 Å². The van der Waals surface area contributed by atoms with Crippen LogP contribution < -0.4 is 5.32 Å². The predicted octanol–water partition coefficient (Wildman–Crippen LogP) is 2.83. The van der Waals surface area contributed by atoms with Crippen LogP contribution >= 0.6 is 0 Å². The molecule has 0 saturated carbocycles. The summed E-state index contributed by atoms with van der Waals surface area (Å²) in [6.07, 6.45) is 2.50. The number of rotatable bonds is 7. The van der Waals surface area contributed by atoms with Gasteiger partial charge in [-0.05, 0) is 5.56 Å². The standard InChI is InChI=1S/C20H27N7O/c1-14(2)19-25-18(28-26-19)10-11-22-20(21-3)27(4)13-17-23-12-16(24-17)15-8-6-5-7-9-15/h5-9,12,14H,10-11,13H2,1-4H3,(H,21,22)(H,23,24). The van der Waals surface area contributed by atoms with Crippen molar-refractivity contribution in [3.63, 3.8) is 0 Å². The highest BCUT2D eigenvalue weighted by molar-refractivity contribution is 5.79. The molecule has 2 aromatic heterocycles. The Morgan fingerprint density at radius 1 is 1.29 bits per heavy atom. The minimum absolute atomic E-state index is 0.262. The van der Waals surface area contributed by atoms with Crippen molar-refractivity contribution in [2.24, 2.45) is 4.99 Å². The molecular formula is C20H27N7O. The van der Waals surface area contributed by atoms with E-state index < -0.39 is 0 Å². The highest BCUT2D eigenvalue weighted by Crippen LogP contribution is 2.16. The second-order valence-electron chi connectivity index (χ2n) is 6.89. The fraction of sp³-hybridized carbons (Fsp3) is 0.400. The van der Waals surface area contributed by atoms with Gasteiger partial charge in [-0.3, -0.25) is 4.99 Å². The molecule has 0 fully saturated rings. The zero-order valence-electron chi connectivity index (χ0n) is 16.8. The highest BCUT2D eigenvalue weighted by atomic mass is 16.5. The van der Waals surface area contributed by atoms with Crippen molar-refractivity contribution >= 4 is 5.96 Å². The molecule has 2 heterocycles. The van der Waals surface area contributed by atoms with Crippen LogP contribution in [0.15, 0.2) is 46.0 Å². The molecule has 0 amide bonds. The molecule has 28 heavy (non-hydrogen) atoms. The minimum Gasteiger partial charge on any atom is -0.356 e. The van der Waals surface area contributed by atoms with Gasteiger partial charge in [-0.2, -0.15) is 4.98 Å². The lowest BCUT2D eigenvalue weighted by Gasteiger charge is -2.20. The first-order chi connectivity index (χ1) is 13.6. The van der Waals surface area contributed by atoms with Gasteiger partial charge in [0.05, 0.1) is 18.4 Å². The van der Waals surface area contributed by atoms with E-state index in [9.17, 15) is 0 Å². The van der Waals surface area contributed by atoms with Crippen LogP contribution in [0.3, 0.4) is 0 Å². The lowest BCUT2D eigenvalue weighted by Crippen LogP contribution is -2.39. The Bertz CT molecular complexity index is 898. The molecule has 0 radical (unpaired) electrons. The Morgan fingerprint density at radius 3 is 2.75 bits per heavy atom. The van der Waals surface area contributed by atoms with Crippen molar-refractivity contribution in [1.29, 1.82) is 0 Å². The number of nitrogens with one attached hydrogen (secondary N) is 2. The van der Waals surface area contributed by atoms with Gasteiger partial charge in [-0.1, -0.05) is 49.3 Å². The summed E-state index contributed by atoms with van der Waals surface area (Å²) in [5.74, 6) is 3.29. The summed E-state index contributed by atoms with van der Waals surface area (Å²) in [5, 5.41) is 7.31. The Kier molecular flexibility index (Phi) is 6.41. The van der Waals surface area contributed by atoms with E-state index >= 15 is 0 Å². The summed E-state index contributed by atoms with van der Waals surface area (Å²) < 4.78 is 5.27. The molecule has 0 bridgehead atoms. The van der Waals surface area contributed by atoms with E-state index in [0.717, 1.165) is 28.9 Å². The van der Waals surface area contributed by atoms with Crippen LogP contribution in [0.25, 0.3) is 11.3 Å². The van der Waals surface area contributed by atoms with Gasteiger partial charge in [0.25, 0.3) is 0 Å². The number of aliphatic imine (C=N–C) groups is 1. The average Bonchev–Trinajstić information content (AvgIpc) is 3.35. The number of aromatic amines is 1. The first-order valence-corrected chi connectivity index (χ1v) is 9.40. The van der Waals surface area contributed by atoms with E-state index in [1.807, 2.05) is 50.2 Å². The molecule has 0 aliphatic rings.